The first-order chi connectivity index (χ1) is 13.4. The second kappa shape index (κ2) is 10.1. The molecule has 9 heteroatoms. The molecular weight excluding hydrogens is 362 g/mol. The minimum absolute atomic E-state index is 0.0506. The van der Waals surface area contributed by atoms with E-state index in [0.717, 1.165) is 10.8 Å². The zero-order valence-electron chi connectivity index (χ0n) is 15.3. The van der Waals surface area contributed by atoms with Crippen molar-refractivity contribution in [2.75, 3.05) is 18.4 Å². The van der Waals surface area contributed by atoms with Gasteiger partial charge in [0.05, 0.1) is 0 Å². The van der Waals surface area contributed by atoms with Crippen molar-refractivity contribution < 1.29 is 19.8 Å². The molecule has 0 aromatic heterocycles. The van der Waals surface area contributed by atoms with Crippen LogP contribution in [0.25, 0.3) is 10.8 Å². The lowest BCUT2D eigenvalue weighted by molar-refractivity contribution is -0.141. The van der Waals surface area contributed by atoms with Gasteiger partial charge in [-0.15, -0.1) is 0 Å². The maximum Gasteiger partial charge on any atom is 0.327 e. The highest BCUT2D eigenvalue weighted by atomic mass is 16.4. The van der Waals surface area contributed by atoms with Gasteiger partial charge in [0.2, 0.25) is 0 Å². The zero-order valence-corrected chi connectivity index (χ0v) is 15.3. The largest absolute Gasteiger partial charge is 0.480 e. The number of nitrogens with two attached hydrogens (primary N) is 2. The number of rotatable bonds is 11. The molecule has 0 heterocycles. The summed E-state index contributed by atoms with van der Waals surface area (Å²) in [4.78, 5) is 26.8. The Morgan fingerprint density at radius 1 is 1.00 bits per heavy atom. The number of carbonyl (C=O) groups is 2. The molecule has 8 N–H and O–H groups in total. The third-order valence-corrected chi connectivity index (χ3v) is 4.20. The zero-order chi connectivity index (χ0) is 20.5. The number of carboxylic acid groups (broad SMARTS) is 2. The molecule has 0 aliphatic rings. The number of carboxylic acids is 2. The van der Waals surface area contributed by atoms with Gasteiger partial charge in [-0.05, 0) is 35.7 Å². The van der Waals surface area contributed by atoms with E-state index in [1.807, 2.05) is 36.4 Å². The standard InChI is InChI=1S/C19H25N5O4/c20-19(21)22-9-3-6-15(17(25)26)23-11-16(18(27)28)24-14-8-7-12-4-1-2-5-13(12)10-14/h1-2,4-5,7-8,10,15-16,23-24H,3,6,9,11H2,(H,25,26)(H,27,28)(H4,20,21,22)/t15-,16-/m0/s1. The molecule has 2 aromatic rings. The third kappa shape index (κ3) is 6.44. The molecule has 0 fully saturated rings. The van der Waals surface area contributed by atoms with Crippen LogP contribution in [0.3, 0.4) is 0 Å². The van der Waals surface area contributed by atoms with Crippen LogP contribution in [-0.2, 0) is 9.59 Å². The summed E-state index contributed by atoms with van der Waals surface area (Å²) in [5.41, 5.74) is 11.1. The van der Waals surface area contributed by atoms with Gasteiger partial charge < -0.3 is 32.3 Å². The average molecular weight is 387 g/mol. The van der Waals surface area contributed by atoms with Crippen molar-refractivity contribution in [3.63, 3.8) is 0 Å². The molecular formula is C19H25N5O4. The number of hydrogen-bond donors (Lipinski definition) is 6. The van der Waals surface area contributed by atoms with E-state index in [1.165, 1.54) is 0 Å². The van der Waals surface area contributed by atoms with Crippen molar-refractivity contribution in [3.05, 3.63) is 42.5 Å². The van der Waals surface area contributed by atoms with Gasteiger partial charge in [-0.25, -0.2) is 4.79 Å². The molecule has 28 heavy (non-hydrogen) atoms. The smallest absolute Gasteiger partial charge is 0.327 e. The van der Waals surface area contributed by atoms with Crippen molar-refractivity contribution in [1.29, 1.82) is 0 Å². The number of anilines is 1. The Balaban J connectivity index is 1.97. The maximum atomic E-state index is 11.6. The molecule has 0 unspecified atom stereocenters. The second-order valence-electron chi connectivity index (χ2n) is 6.34. The van der Waals surface area contributed by atoms with Crippen LogP contribution in [0.5, 0.6) is 0 Å². The van der Waals surface area contributed by atoms with Gasteiger partial charge in [-0.1, -0.05) is 30.3 Å². The minimum atomic E-state index is -1.08. The summed E-state index contributed by atoms with van der Waals surface area (Å²) in [7, 11) is 0. The van der Waals surface area contributed by atoms with Crippen molar-refractivity contribution in [2.45, 2.75) is 24.9 Å². The molecule has 0 bridgehead atoms. The normalized spacial score (nSPS) is 12.9. The third-order valence-electron chi connectivity index (χ3n) is 4.20. The Bertz CT molecular complexity index is 851. The molecule has 0 amide bonds. The molecule has 2 rings (SSSR count). The van der Waals surface area contributed by atoms with Crippen LogP contribution >= 0.6 is 0 Å². The Kier molecular flexibility index (Phi) is 7.58. The van der Waals surface area contributed by atoms with Crippen molar-refractivity contribution in [2.24, 2.45) is 16.5 Å². The summed E-state index contributed by atoms with van der Waals surface area (Å²) in [5.74, 6) is -2.18. The number of nitrogens with zero attached hydrogens (tertiary/aromatic N) is 1. The van der Waals surface area contributed by atoms with Gasteiger partial charge in [0.15, 0.2) is 5.96 Å². The van der Waals surface area contributed by atoms with Crippen LogP contribution in [0.4, 0.5) is 5.69 Å². The molecule has 0 aliphatic carbocycles. The minimum Gasteiger partial charge on any atom is -0.480 e. The Labute approximate surface area is 162 Å². The second-order valence-corrected chi connectivity index (χ2v) is 6.34. The molecule has 9 nitrogen and oxygen atoms in total. The van der Waals surface area contributed by atoms with E-state index >= 15 is 0 Å². The Hall–Kier alpha value is -3.33. The first kappa shape index (κ1) is 21.0. The molecule has 150 valence electrons. The number of benzene rings is 2. The number of aliphatic carboxylic acids is 2. The van der Waals surface area contributed by atoms with Crippen LogP contribution in [0.2, 0.25) is 0 Å². The highest BCUT2D eigenvalue weighted by molar-refractivity contribution is 5.87. The van der Waals surface area contributed by atoms with E-state index in [9.17, 15) is 19.8 Å². The number of hydrogen-bond acceptors (Lipinski definition) is 5. The molecule has 0 aliphatic heterocycles. The molecule has 2 atom stereocenters. The van der Waals surface area contributed by atoms with E-state index in [0.29, 0.717) is 18.7 Å². The highest BCUT2D eigenvalue weighted by Crippen LogP contribution is 2.19. The average Bonchev–Trinajstić information content (AvgIpc) is 2.65. The number of aliphatic imine (C=N–C) groups is 1. The van der Waals surface area contributed by atoms with Gasteiger partial charge >= 0.3 is 11.9 Å². The van der Waals surface area contributed by atoms with Gasteiger partial charge in [0.1, 0.15) is 12.1 Å². The molecule has 0 radical (unpaired) electrons. The van der Waals surface area contributed by atoms with Crippen molar-refractivity contribution in [1.82, 2.24) is 5.32 Å². The SMILES string of the molecule is NC(N)=NCCC[C@H](NC[C@H](Nc1ccc2ccccc2c1)C(=O)O)C(=O)O. The summed E-state index contributed by atoms with van der Waals surface area (Å²) >= 11 is 0. The fraction of sp³-hybridized carbons (Fsp3) is 0.316. The van der Waals surface area contributed by atoms with Crippen LogP contribution in [0, 0.1) is 0 Å². The van der Waals surface area contributed by atoms with Crippen LogP contribution < -0.4 is 22.1 Å². The lowest BCUT2D eigenvalue weighted by Gasteiger charge is -2.20. The van der Waals surface area contributed by atoms with Gasteiger partial charge in [0, 0.05) is 18.8 Å². The monoisotopic (exact) mass is 387 g/mol. The summed E-state index contributed by atoms with van der Waals surface area (Å²) in [6, 6.07) is 11.4. The van der Waals surface area contributed by atoms with Gasteiger partial charge in [-0.3, -0.25) is 9.79 Å². The maximum absolute atomic E-state index is 11.6. The molecule has 0 saturated carbocycles. The Morgan fingerprint density at radius 3 is 2.32 bits per heavy atom. The Morgan fingerprint density at radius 2 is 1.68 bits per heavy atom. The highest BCUT2D eigenvalue weighted by Gasteiger charge is 2.22. The summed E-state index contributed by atoms with van der Waals surface area (Å²) in [6.07, 6.45) is 0.728. The molecule has 2 aromatic carbocycles. The van der Waals surface area contributed by atoms with Crippen LogP contribution in [0.1, 0.15) is 12.8 Å². The van der Waals surface area contributed by atoms with Gasteiger partial charge in [-0.2, -0.15) is 0 Å². The molecule has 0 saturated heterocycles. The van der Waals surface area contributed by atoms with Crippen molar-refractivity contribution >= 4 is 34.4 Å². The van der Waals surface area contributed by atoms with Crippen LogP contribution in [-0.4, -0.2) is 53.3 Å². The van der Waals surface area contributed by atoms with E-state index in [-0.39, 0.29) is 18.9 Å². The predicted octanol–water partition coefficient (Wildman–Crippen LogP) is 0.801. The summed E-state index contributed by atoms with van der Waals surface area (Å²) in [6.45, 7) is 0.257. The fourth-order valence-electron chi connectivity index (χ4n) is 2.76. The van der Waals surface area contributed by atoms with Crippen LogP contribution in [0.15, 0.2) is 47.5 Å². The van der Waals surface area contributed by atoms with Gasteiger partial charge in [0.25, 0.3) is 0 Å². The number of guanidine groups is 1. The fourth-order valence-corrected chi connectivity index (χ4v) is 2.76. The van der Waals surface area contributed by atoms with E-state index in [4.69, 9.17) is 11.5 Å². The number of fused-ring (bicyclic) bond motifs is 1. The first-order valence-corrected chi connectivity index (χ1v) is 8.86. The van der Waals surface area contributed by atoms with E-state index in [2.05, 4.69) is 15.6 Å². The van der Waals surface area contributed by atoms with Crippen molar-refractivity contribution in [3.8, 4) is 0 Å². The summed E-state index contributed by atoms with van der Waals surface area (Å²) in [5, 5.41) is 26.6. The van der Waals surface area contributed by atoms with E-state index in [1.54, 1.807) is 6.07 Å². The first-order valence-electron chi connectivity index (χ1n) is 8.86. The quantitative estimate of drug-likeness (QED) is 0.187. The molecule has 0 spiro atoms. The lowest BCUT2D eigenvalue weighted by atomic mass is 10.1. The lowest BCUT2D eigenvalue weighted by Crippen LogP contribution is -2.46. The van der Waals surface area contributed by atoms with E-state index < -0.39 is 24.0 Å². The topological polar surface area (TPSA) is 163 Å². The predicted molar refractivity (Wildman–Crippen MR) is 108 cm³/mol. The summed E-state index contributed by atoms with van der Waals surface area (Å²) < 4.78 is 0. The number of nitrogens with one attached hydrogen (secondary N) is 2.